The zero-order valence-corrected chi connectivity index (χ0v) is 17.7. The summed E-state index contributed by atoms with van der Waals surface area (Å²) in [5.74, 6) is 0.669. The standard InChI is InChI=1S/C21H27N5O2S/c1-15-7-8-19-17(14-25-20(19)11-15)9-10-24-21(22-2)26-13-16-5-4-6-18(12-16)29(27,28)23-3/h4-8,11-12,14,23,25H,9-10,13H2,1-3H3,(H2,22,24,26). The van der Waals surface area contributed by atoms with Crippen LogP contribution in [0, 0.1) is 6.92 Å². The first-order valence-corrected chi connectivity index (χ1v) is 10.9. The van der Waals surface area contributed by atoms with E-state index in [-0.39, 0.29) is 4.90 Å². The van der Waals surface area contributed by atoms with Crippen LogP contribution < -0.4 is 15.4 Å². The van der Waals surface area contributed by atoms with Gasteiger partial charge >= 0.3 is 0 Å². The molecule has 7 nitrogen and oxygen atoms in total. The van der Waals surface area contributed by atoms with Crippen molar-refractivity contribution in [1.29, 1.82) is 0 Å². The monoisotopic (exact) mass is 413 g/mol. The average Bonchev–Trinajstić information content (AvgIpc) is 3.12. The molecule has 0 fully saturated rings. The van der Waals surface area contributed by atoms with Gasteiger partial charge in [-0.1, -0.05) is 24.3 Å². The number of rotatable bonds is 7. The van der Waals surface area contributed by atoms with Crippen LogP contribution in [0.1, 0.15) is 16.7 Å². The lowest BCUT2D eigenvalue weighted by Crippen LogP contribution is -2.37. The van der Waals surface area contributed by atoms with Crippen molar-refractivity contribution in [2.75, 3.05) is 20.6 Å². The van der Waals surface area contributed by atoms with Gasteiger partial charge in [0, 0.05) is 37.2 Å². The number of hydrogen-bond donors (Lipinski definition) is 4. The molecule has 0 atom stereocenters. The molecular formula is C21H27N5O2S. The number of sulfonamides is 1. The number of guanidine groups is 1. The Morgan fingerprint density at radius 1 is 1.14 bits per heavy atom. The van der Waals surface area contributed by atoms with E-state index in [2.05, 4.69) is 56.7 Å². The van der Waals surface area contributed by atoms with Crippen LogP contribution in [0.15, 0.2) is 58.5 Å². The van der Waals surface area contributed by atoms with Gasteiger partial charge in [0.25, 0.3) is 0 Å². The van der Waals surface area contributed by atoms with Gasteiger partial charge in [0.1, 0.15) is 0 Å². The first-order valence-electron chi connectivity index (χ1n) is 9.46. The van der Waals surface area contributed by atoms with E-state index < -0.39 is 10.0 Å². The van der Waals surface area contributed by atoms with E-state index in [1.807, 2.05) is 6.07 Å². The summed E-state index contributed by atoms with van der Waals surface area (Å²) in [6.07, 6.45) is 2.91. The Bertz CT molecular complexity index is 1120. The lowest BCUT2D eigenvalue weighted by Gasteiger charge is -2.12. The number of aliphatic imine (C=N–C) groups is 1. The molecular weight excluding hydrogens is 386 g/mol. The SMILES string of the molecule is CN=C(NCCc1c[nH]c2cc(C)ccc12)NCc1cccc(S(=O)(=O)NC)c1. The highest BCUT2D eigenvalue weighted by atomic mass is 32.2. The predicted molar refractivity (Wildman–Crippen MR) is 118 cm³/mol. The minimum atomic E-state index is -3.45. The Kier molecular flexibility index (Phi) is 6.56. The summed E-state index contributed by atoms with van der Waals surface area (Å²) >= 11 is 0. The minimum Gasteiger partial charge on any atom is -0.361 e. The lowest BCUT2D eigenvalue weighted by atomic mass is 10.1. The molecule has 0 saturated carbocycles. The van der Waals surface area contributed by atoms with E-state index in [9.17, 15) is 8.42 Å². The molecule has 0 radical (unpaired) electrons. The smallest absolute Gasteiger partial charge is 0.240 e. The Labute approximate surface area is 171 Å². The van der Waals surface area contributed by atoms with Crippen LogP contribution in [0.2, 0.25) is 0 Å². The Morgan fingerprint density at radius 3 is 2.72 bits per heavy atom. The maximum atomic E-state index is 11.9. The third-order valence-electron chi connectivity index (χ3n) is 4.77. The molecule has 3 aromatic rings. The van der Waals surface area contributed by atoms with Gasteiger partial charge in [-0.05, 0) is 55.3 Å². The number of fused-ring (bicyclic) bond motifs is 1. The van der Waals surface area contributed by atoms with Gasteiger partial charge < -0.3 is 15.6 Å². The van der Waals surface area contributed by atoms with Gasteiger partial charge in [-0.2, -0.15) is 0 Å². The number of benzene rings is 2. The zero-order chi connectivity index (χ0) is 20.9. The van der Waals surface area contributed by atoms with Crippen molar-refractivity contribution in [2.24, 2.45) is 4.99 Å². The van der Waals surface area contributed by atoms with E-state index >= 15 is 0 Å². The summed E-state index contributed by atoms with van der Waals surface area (Å²) in [5, 5.41) is 7.77. The summed E-state index contributed by atoms with van der Waals surface area (Å²) in [4.78, 5) is 7.81. The van der Waals surface area contributed by atoms with Crippen molar-refractivity contribution in [3.05, 3.63) is 65.4 Å². The van der Waals surface area contributed by atoms with Crippen molar-refractivity contribution >= 4 is 26.9 Å². The van der Waals surface area contributed by atoms with Gasteiger partial charge in [0.05, 0.1) is 4.90 Å². The van der Waals surface area contributed by atoms with E-state index in [4.69, 9.17) is 0 Å². The summed E-state index contributed by atoms with van der Waals surface area (Å²) in [6.45, 7) is 3.29. The number of hydrogen-bond acceptors (Lipinski definition) is 3. The van der Waals surface area contributed by atoms with E-state index in [1.165, 1.54) is 23.6 Å². The molecule has 8 heteroatoms. The summed E-state index contributed by atoms with van der Waals surface area (Å²) in [6, 6.07) is 13.3. The second-order valence-corrected chi connectivity index (χ2v) is 8.71. The Morgan fingerprint density at radius 2 is 1.97 bits per heavy atom. The molecule has 154 valence electrons. The number of aromatic nitrogens is 1. The van der Waals surface area contributed by atoms with E-state index in [0.717, 1.165) is 24.0 Å². The highest BCUT2D eigenvalue weighted by Crippen LogP contribution is 2.19. The second kappa shape index (κ2) is 9.11. The normalized spacial score (nSPS) is 12.3. The van der Waals surface area contributed by atoms with Crippen molar-refractivity contribution in [2.45, 2.75) is 24.8 Å². The Balaban J connectivity index is 1.55. The number of nitrogens with zero attached hydrogens (tertiary/aromatic N) is 1. The molecule has 0 aliphatic rings. The fourth-order valence-electron chi connectivity index (χ4n) is 3.17. The predicted octanol–water partition coefficient (Wildman–Crippen LogP) is 2.29. The molecule has 4 N–H and O–H groups in total. The average molecular weight is 414 g/mol. The molecule has 29 heavy (non-hydrogen) atoms. The summed E-state index contributed by atoms with van der Waals surface area (Å²) in [5.41, 5.74) is 4.50. The highest BCUT2D eigenvalue weighted by molar-refractivity contribution is 7.89. The molecule has 0 amide bonds. The largest absolute Gasteiger partial charge is 0.361 e. The quantitative estimate of drug-likeness (QED) is 0.353. The van der Waals surface area contributed by atoms with Gasteiger partial charge in [-0.25, -0.2) is 13.1 Å². The van der Waals surface area contributed by atoms with Gasteiger partial charge in [-0.15, -0.1) is 0 Å². The van der Waals surface area contributed by atoms with Crippen LogP contribution in [0.4, 0.5) is 0 Å². The molecule has 0 bridgehead atoms. The van der Waals surface area contributed by atoms with Crippen molar-refractivity contribution in [1.82, 2.24) is 20.3 Å². The topological polar surface area (TPSA) is 98.4 Å². The first-order chi connectivity index (χ1) is 13.9. The first kappa shape index (κ1) is 20.9. The molecule has 0 unspecified atom stereocenters. The fraction of sp³-hybridized carbons (Fsp3) is 0.286. The van der Waals surface area contributed by atoms with Crippen LogP contribution in [-0.2, 0) is 23.0 Å². The summed E-state index contributed by atoms with van der Waals surface area (Å²) < 4.78 is 26.2. The molecule has 3 rings (SSSR count). The van der Waals surface area contributed by atoms with Crippen molar-refractivity contribution in [3.8, 4) is 0 Å². The van der Waals surface area contributed by atoms with Gasteiger partial charge in [-0.3, -0.25) is 4.99 Å². The molecule has 0 aliphatic carbocycles. The van der Waals surface area contributed by atoms with E-state index in [1.54, 1.807) is 25.2 Å². The highest BCUT2D eigenvalue weighted by Gasteiger charge is 2.11. The van der Waals surface area contributed by atoms with E-state index in [0.29, 0.717) is 12.5 Å². The number of H-pyrrole nitrogens is 1. The van der Waals surface area contributed by atoms with Crippen LogP contribution in [-0.4, -0.2) is 40.0 Å². The number of aryl methyl sites for hydroxylation is 1. The molecule has 1 heterocycles. The van der Waals surface area contributed by atoms with Crippen molar-refractivity contribution < 1.29 is 8.42 Å². The van der Waals surface area contributed by atoms with Gasteiger partial charge in [0.2, 0.25) is 10.0 Å². The number of nitrogens with one attached hydrogen (secondary N) is 4. The molecule has 1 aromatic heterocycles. The molecule has 0 aliphatic heterocycles. The maximum absolute atomic E-state index is 11.9. The minimum absolute atomic E-state index is 0.247. The lowest BCUT2D eigenvalue weighted by molar-refractivity contribution is 0.588. The number of aromatic amines is 1. The third-order valence-corrected chi connectivity index (χ3v) is 6.18. The molecule has 2 aromatic carbocycles. The Hall–Kier alpha value is -2.84. The zero-order valence-electron chi connectivity index (χ0n) is 16.9. The van der Waals surface area contributed by atoms with Crippen LogP contribution in [0.5, 0.6) is 0 Å². The van der Waals surface area contributed by atoms with Gasteiger partial charge in [0.15, 0.2) is 5.96 Å². The molecule has 0 saturated heterocycles. The summed E-state index contributed by atoms with van der Waals surface area (Å²) in [7, 11) is -0.334. The van der Waals surface area contributed by atoms with Crippen molar-refractivity contribution in [3.63, 3.8) is 0 Å². The fourth-order valence-corrected chi connectivity index (χ4v) is 3.97. The molecule has 0 spiro atoms. The third kappa shape index (κ3) is 5.16. The van der Waals surface area contributed by atoms with Crippen LogP contribution in [0.3, 0.4) is 0 Å². The van der Waals surface area contributed by atoms with Crippen LogP contribution >= 0.6 is 0 Å². The maximum Gasteiger partial charge on any atom is 0.240 e. The second-order valence-electron chi connectivity index (χ2n) is 6.82. The van der Waals surface area contributed by atoms with Crippen LogP contribution in [0.25, 0.3) is 10.9 Å².